The van der Waals surface area contributed by atoms with Gasteiger partial charge < -0.3 is 4.98 Å². The number of nitrogens with zero attached hydrogens (tertiary/aromatic N) is 2. The number of aromatic nitrogens is 3. The van der Waals surface area contributed by atoms with Crippen LogP contribution in [0.15, 0.2) is 49.1 Å². The minimum Gasteiger partial charge on any atom is -0.346 e. The lowest BCUT2D eigenvalue weighted by molar-refractivity contribution is 1.23. The van der Waals surface area contributed by atoms with Gasteiger partial charge in [0.2, 0.25) is 0 Å². The van der Waals surface area contributed by atoms with Gasteiger partial charge in [0, 0.05) is 49.9 Å². The molecule has 0 saturated heterocycles. The van der Waals surface area contributed by atoms with Gasteiger partial charge in [-0.3, -0.25) is 4.98 Å². The summed E-state index contributed by atoms with van der Waals surface area (Å²) in [6, 6.07) is 9.52. The van der Waals surface area contributed by atoms with Crippen LogP contribution in [-0.2, 0) is 0 Å². The zero-order valence-electron chi connectivity index (χ0n) is 10.8. The van der Waals surface area contributed by atoms with Crippen molar-refractivity contribution >= 4 is 45.0 Å². The molecule has 0 unspecified atom stereocenters. The topological polar surface area (TPSA) is 41.6 Å². The summed E-state index contributed by atoms with van der Waals surface area (Å²) in [6.07, 6.45) is 5.30. The minimum atomic E-state index is 0.611. The Hall–Kier alpha value is -2.10. The van der Waals surface area contributed by atoms with Crippen LogP contribution in [-0.4, -0.2) is 15.0 Å². The van der Waals surface area contributed by atoms with Crippen molar-refractivity contribution in [1.29, 1.82) is 0 Å². The smallest absolute Gasteiger partial charge is 0.0923 e. The Balaban J connectivity index is 2.13. The highest BCUT2D eigenvalue weighted by atomic mass is 35.5. The summed E-state index contributed by atoms with van der Waals surface area (Å²) >= 11 is 12.3. The molecule has 0 aliphatic carbocycles. The fraction of sp³-hybridized carbons (Fsp3) is 0. The summed E-state index contributed by atoms with van der Waals surface area (Å²) in [4.78, 5) is 11.8. The molecule has 0 bridgehead atoms. The lowest BCUT2D eigenvalue weighted by Crippen LogP contribution is -1.87. The van der Waals surface area contributed by atoms with E-state index in [2.05, 4.69) is 15.0 Å². The van der Waals surface area contributed by atoms with Crippen LogP contribution >= 0.6 is 23.2 Å². The van der Waals surface area contributed by atoms with E-state index in [1.54, 1.807) is 18.6 Å². The predicted octanol–water partition coefficient (Wildman–Crippen LogP) is 5.08. The average molecular weight is 314 g/mol. The number of nitrogens with one attached hydrogen (secondary N) is 1. The highest BCUT2D eigenvalue weighted by Gasteiger charge is 2.13. The van der Waals surface area contributed by atoms with E-state index in [4.69, 9.17) is 23.2 Å². The summed E-state index contributed by atoms with van der Waals surface area (Å²) in [5, 5.41) is 3.32. The van der Waals surface area contributed by atoms with Crippen LogP contribution in [0.3, 0.4) is 0 Å². The molecule has 0 atom stereocenters. The van der Waals surface area contributed by atoms with Gasteiger partial charge in [-0.2, -0.15) is 0 Å². The van der Waals surface area contributed by atoms with E-state index in [1.807, 2.05) is 30.5 Å². The molecule has 2 heterocycles. The summed E-state index contributed by atoms with van der Waals surface area (Å²) in [6.45, 7) is 0. The SMILES string of the molecule is Clc1ccc(-c2cc3[nH]cncc3c3ccnc23)c(Cl)c1. The molecule has 3 nitrogen and oxygen atoms in total. The first-order chi connectivity index (χ1) is 10.2. The van der Waals surface area contributed by atoms with E-state index >= 15 is 0 Å². The Kier molecular flexibility index (Phi) is 2.84. The summed E-state index contributed by atoms with van der Waals surface area (Å²) in [5.74, 6) is 0. The maximum atomic E-state index is 6.35. The molecule has 0 fully saturated rings. The van der Waals surface area contributed by atoms with Gasteiger partial charge >= 0.3 is 0 Å². The number of halogens is 2. The molecule has 0 amide bonds. The lowest BCUT2D eigenvalue weighted by atomic mass is 10.0. The van der Waals surface area contributed by atoms with Gasteiger partial charge in [0.25, 0.3) is 0 Å². The van der Waals surface area contributed by atoms with E-state index in [9.17, 15) is 0 Å². The second-order valence-corrected chi connectivity index (χ2v) is 5.61. The van der Waals surface area contributed by atoms with Crippen molar-refractivity contribution < 1.29 is 0 Å². The Morgan fingerprint density at radius 1 is 0.952 bits per heavy atom. The predicted molar refractivity (Wildman–Crippen MR) is 86.9 cm³/mol. The number of aromatic amines is 1. The molecule has 21 heavy (non-hydrogen) atoms. The van der Waals surface area contributed by atoms with Gasteiger partial charge in [0.1, 0.15) is 0 Å². The van der Waals surface area contributed by atoms with Crippen LogP contribution in [0.25, 0.3) is 32.9 Å². The Morgan fingerprint density at radius 3 is 2.71 bits per heavy atom. The molecule has 2 aromatic carbocycles. The van der Waals surface area contributed by atoms with E-state index < -0.39 is 0 Å². The van der Waals surface area contributed by atoms with Gasteiger partial charge in [-0.25, -0.2) is 4.98 Å². The van der Waals surface area contributed by atoms with Crippen molar-refractivity contribution in [2.24, 2.45) is 0 Å². The van der Waals surface area contributed by atoms with Crippen LogP contribution in [0.5, 0.6) is 0 Å². The molecule has 2 aromatic heterocycles. The third-order valence-electron chi connectivity index (χ3n) is 3.54. The molecule has 1 N–H and O–H groups in total. The lowest BCUT2D eigenvalue weighted by Gasteiger charge is -2.09. The van der Waals surface area contributed by atoms with E-state index in [-0.39, 0.29) is 0 Å². The summed E-state index contributed by atoms with van der Waals surface area (Å²) in [7, 11) is 0. The van der Waals surface area contributed by atoms with Gasteiger partial charge in [-0.05, 0) is 24.3 Å². The third kappa shape index (κ3) is 1.97. The largest absolute Gasteiger partial charge is 0.346 e. The van der Waals surface area contributed by atoms with Crippen LogP contribution < -0.4 is 0 Å². The number of H-pyrrole nitrogens is 1. The van der Waals surface area contributed by atoms with Gasteiger partial charge in [-0.1, -0.05) is 29.3 Å². The Morgan fingerprint density at radius 2 is 1.86 bits per heavy atom. The fourth-order valence-corrected chi connectivity index (χ4v) is 3.10. The fourth-order valence-electron chi connectivity index (χ4n) is 2.59. The average Bonchev–Trinajstić information content (AvgIpc) is 2.96. The molecule has 5 heteroatoms. The molecule has 4 rings (SSSR count). The molecule has 0 aliphatic heterocycles. The van der Waals surface area contributed by atoms with Crippen molar-refractivity contribution in [3.63, 3.8) is 0 Å². The first-order valence-electron chi connectivity index (χ1n) is 6.39. The van der Waals surface area contributed by atoms with Crippen LogP contribution in [0.2, 0.25) is 10.0 Å². The molecule has 0 aliphatic rings. The van der Waals surface area contributed by atoms with Crippen LogP contribution in [0.4, 0.5) is 0 Å². The van der Waals surface area contributed by atoms with Crippen molar-refractivity contribution in [2.75, 3.05) is 0 Å². The van der Waals surface area contributed by atoms with Gasteiger partial charge in [-0.15, -0.1) is 0 Å². The molecule has 4 aromatic rings. The van der Waals surface area contributed by atoms with Crippen LogP contribution in [0, 0.1) is 0 Å². The first-order valence-corrected chi connectivity index (χ1v) is 7.15. The maximum absolute atomic E-state index is 6.35. The second kappa shape index (κ2) is 4.72. The number of benzene rings is 2. The van der Waals surface area contributed by atoms with Crippen molar-refractivity contribution in [3.8, 4) is 11.1 Å². The van der Waals surface area contributed by atoms with Crippen molar-refractivity contribution in [2.45, 2.75) is 0 Å². The Bertz CT molecular complexity index is 976. The minimum absolute atomic E-state index is 0.611. The van der Waals surface area contributed by atoms with Gasteiger partial charge in [0.05, 0.1) is 11.8 Å². The molecule has 0 saturated carbocycles. The van der Waals surface area contributed by atoms with E-state index in [1.165, 1.54) is 0 Å². The molecule has 102 valence electrons. The van der Waals surface area contributed by atoms with E-state index in [0.29, 0.717) is 10.0 Å². The molecular weight excluding hydrogens is 305 g/mol. The number of hydrogen-bond donors (Lipinski definition) is 1. The first kappa shape index (κ1) is 12.6. The molecule has 0 radical (unpaired) electrons. The molecule has 0 spiro atoms. The third-order valence-corrected chi connectivity index (χ3v) is 4.09. The summed E-state index contributed by atoms with van der Waals surface area (Å²) in [5.41, 5.74) is 3.79. The summed E-state index contributed by atoms with van der Waals surface area (Å²) < 4.78 is 0. The number of rotatable bonds is 1. The number of fused-ring (bicyclic) bond motifs is 3. The zero-order chi connectivity index (χ0) is 14.4. The molecular formula is C16H9Cl2N3. The highest BCUT2D eigenvalue weighted by molar-refractivity contribution is 6.36. The van der Waals surface area contributed by atoms with Crippen LogP contribution in [0.1, 0.15) is 0 Å². The standard InChI is InChI=1S/C16H9Cl2N3/c17-9-1-2-10(14(18)5-9)12-6-15-13(7-19-8-21-15)11-3-4-20-16(11)12/h1-8H,(H,19,21). The highest BCUT2D eigenvalue weighted by Crippen LogP contribution is 2.37. The quantitative estimate of drug-likeness (QED) is 0.532. The zero-order valence-corrected chi connectivity index (χ0v) is 12.3. The van der Waals surface area contributed by atoms with E-state index in [0.717, 1.165) is 32.9 Å². The van der Waals surface area contributed by atoms with Gasteiger partial charge in [0.15, 0.2) is 0 Å². The number of hydrogen-bond acceptors (Lipinski definition) is 2. The normalized spacial score (nSPS) is 11.3. The van der Waals surface area contributed by atoms with Crippen molar-refractivity contribution in [1.82, 2.24) is 15.0 Å². The maximum Gasteiger partial charge on any atom is 0.0923 e. The Labute approximate surface area is 130 Å². The monoisotopic (exact) mass is 313 g/mol. The van der Waals surface area contributed by atoms with Crippen molar-refractivity contribution in [3.05, 3.63) is 59.1 Å². The second-order valence-electron chi connectivity index (χ2n) is 4.77.